The highest BCUT2D eigenvalue weighted by molar-refractivity contribution is 7.99. The molecule has 0 spiro atoms. The van der Waals surface area contributed by atoms with Crippen molar-refractivity contribution in [3.8, 4) is 11.3 Å². The number of benzene rings is 1. The number of aliphatic hydroxyl groups excluding tert-OH is 1. The number of thioether (sulfide) groups is 1. The number of aliphatic hydroxyl groups is 1. The predicted molar refractivity (Wildman–Crippen MR) is 143 cm³/mol. The number of likely N-dealkylation sites (N-methyl/N-ethyl adjacent to an activating group) is 1. The number of nitrogens with zero attached hydrogens (tertiary/aromatic N) is 5. The van der Waals surface area contributed by atoms with Crippen LogP contribution < -0.4 is 10.6 Å². The molecule has 2 aromatic heterocycles. The van der Waals surface area contributed by atoms with E-state index in [4.69, 9.17) is 11.6 Å². The van der Waals surface area contributed by atoms with Gasteiger partial charge in [-0.1, -0.05) is 11.6 Å². The molecular weight excluding hydrogens is 517 g/mol. The van der Waals surface area contributed by atoms with E-state index in [1.807, 2.05) is 0 Å². The number of rotatable bonds is 9. The van der Waals surface area contributed by atoms with Gasteiger partial charge >= 0.3 is 0 Å². The number of carbonyl (C=O) groups is 1. The summed E-state index contributed by atoms with van der Waals surface area (Å²) in [6.45, 7) is 2.20. The van der Waals surface area contributed by atoms with Crippen LogP contribution >= 0.6 is 23.4 Å². The van der Waals surface area contributed by atoms with E-state index in [9.17, 15) is 14.3 Å². The van der Waals surface area contributed by atoms with Crippen LogP contribution in [0.2, 0.25) is 5.02 Å². The SMILES string of the molecule is CN1C[C@H]2C[C@@H]1CN2CC(=O)Nc1cc(Nc2cc(-c3cc(Cl)ccc3F)nnc2SCCO)ccn1. The number of carbonyl (C=O) groups excluding carboxylic acids is 1. The van der Waals surface area contributed by atoms with Gasteiger partial charge < -0.3 is 20.6 Å². The number of hydrogen-bond donors (Lipinski definition) is 3. The highest BCUT2D eigenvalue weighted by atomic mass is 35.5. The molecule has 1 amide bonds. The third-order valence-corrected chi connectivity index (χ3v) is 7.77. The second kappa shape index (κ2) is 11.3. The molecular formula is C25H27ClFN7O2S. The Morgan fingerprint density at radius 1 is 1.22 bits per heavy atom. The molecule has 1 aromatic carbocycles. The largest absolute Gasteiger partial charge is 0.396 e. The number of aromatic nitrogens is 3. The molecule has 12 heteroatoms. The number of fused-ring (bicyclic) bond motifs is 2. The molecule has 2 atom stereocenters. The van der Waals surface area contributed by atoms with E-state index < -0.39 is 5.82 Å². The molecule has 0 aliphatic carbocycles. The standard InChI is InChI=1S/C25H27ClFN7O2S/c1-33-12-18-10-17(33)13-34(18)14-24(36)30-23-9-16(4-5-28-23)29-22-11-21(31-32-25(22)37-7-6-35)19-8-15(26)2-3-20(19)27/h2-5,8-9,11,17-18,35H,6-7,10,12-14H2,1H3,(H2,28,29,30,31,36)/t17-,18-/m1/s1. The van der Waals surface area contributed by atoms with Gasteiger partial charge in [-0.05, 0) is 43.8 Å². The van der Waals surface area contributed by atoms with Crippen molar-refractivity contribution in [2.75, 3.05) is 49.7 Å². The molecule has 194 valence electrons. The van der Waals surface area contributed by atoms with Gasteiger partial charge in [0.15, 0.2) is 0 Å². The topological polar surface area (TPSA) is 107 Å². The van der Waals surface area contributed by atoms with Crippen molar-refractivity contribution in [2.45, 2.75) is 23.5 Å². The molecule has 2 aliphatic heterocycles. The molecule has 0 radical (unpaired) electrons. The first-order valence-corrected chi connectivity index (χ1v) is 13.3. The Hall–Kier alpha value is -2.83. The van der Waals surface area contributed by atoms with Crippen LogP contribution in [0.5, 0.6) is 0 Å². The summed E-state index contributed by atoms with van der Waals surface area (Å²) in [5, 5.41) is 24.8. The Kier molecular flexibility index (Phi) is 7.87. The summed E-state index contributed by atoms with van der Waals surface area (Å²) >= 11 is 7.38. The number of anilines is 3. The van der Waals surface area contributed by atoms with E-state index in [0.717, 1.165) is 19.5 Å². The highest BCUT2D eigenvalue weighted by Crippen LogP contribution is 2.33. The number of halogens is 2. The smallest absolute Gasteiger partial charge is 0.239 e. The maximum Gasteiger partial charge on any atom is 0.239 e. The van der Waals surface area contributed by atoms with Crippen molar-refractivity contribution in [2.24, 2.45) is 0 Å². The van der Waals surface area contributed by atoms with Crippen LogP contribution in [0.25, 0.3) is 11.3 Å². The third-order valence-electron chi connectivity index (χ3n) is 6.58. The van der Waals surface area contributed by atoms with E-state index in [-0.39, 0.29) is 18.1 Å². The van der Waals surface area contributed by atoms with Gasteiger partial charge in [-0.15, -0.1) is 22.0 Å². The van der Waals surface area contributed by atoms with Gasteiger partial charge in [-0.3, -0.25) is 9.69 Å². The van der Waals surface area contributed by atoms with Crippen molar-refractivity contribution in [3.05, 3.63) is 53.4 Å². The average molecular weight is 544 g/mol. The first kappa shape index (κ1) is 25.8. The maximum atomic E-state index is 14.5. The van der Waals surface area contributed by atoms with Crippen LogP contribution in [-0.4, -0.2) is 87.1 Å². The Bertz CT molecular complexity index is 1300. The van der Waals surface area contributed by atoms with Crippen molar-refractivity contribution in [1.82, 2.24) is 25.0 Å². The van der Waals surface area contributed by atoms with Gasteiger partial charge in [0, 0.05) is 59.5 Å². The Labute approximate surface area is 223 Å². The van der Waals surface area contributed by atoms with Gasteiger partial charge in [0.05, 0.1) is 24.5 Å². The minimum atomic E-state index is -0.466. The molecule has 2 saturated heterocycles. The van der Waals surface area contributed by atoms with E-state index >= 15 is 0 Å². The van der Waals surface area contributed by atoms with Crippen LogP contribution in [0.1, 0.15) is 6.42 Å². The number of piperazine rings is 1. The zero-order valence-corrected chi connectivity index (χ0v) is 21.8. The normalized spacial score (nSPS) is 19.4. The second-order valence-corrected chi connectivity index (χ2v) is 10.7. The maximum absolute atomic E-state index is 14.5. The van der Waals surface area contributed by atoms with Crippen molar-refractivity contribution in [1.29, 1.82) is 0 Å². The summed E-state index contributed by atoms with van der Waals surface area (Å²) in [6.07, 6.45) is 2.70. The molecule has 3 N–H and O–H groups in total. The summed E-state index contributed by atoms with van der Waals surface area (Å²) in [7, 11) is 2.13. The average Bonchev–Trinajstić information content (AvgIpc) is 3.44. The minimum Gasteiger partial charge on any atom is -0.396 e. The number of hydrogen-bond acceptors (Lipinski definition) is 9. The fraction of sp³-hybridized carbons (Fsp3) is 0.360. The minimum absolute atomic E-state index is 0.0309. The molecule has 9 nitrogen and oxygen atoms in total. The first-order chi connectivity index (χ1) is 17.9. The van der Waals surface area contributed by atoms with Gasteiger partial charge in [0.1, 0.15) is 16.7 Å². The fourth-order valence-electron chi connectivity index (χ4n) is 4.79. The lowest BCUT2D eigenvalue weighted by atomic mass is 10.1. The summed E-state index contributed by atoms with van der Waals surface area (Å²) in [6, 6.07) is 10.4. The van der Waals surface area contributed by atoms with Gasteiger partial charge in [-0.2, -0.15) is 0 Å². The highest BCUT2D eigenvalue weighted by Gasteiger charge is 2.41. The lowest BCUT2D eigenvalue weighted by molar-refractivity contribution is -0.117. The van der Waals surface area contributed by atoms with E-state index in [2.05, 4.69) is 42.7 Å². The lowest BCUT2D eigenvalue weighted by Gasteiger charge is -2.31. The van der Waals surface area contributed by atoms with Gasteiger partial charge in [-0.25, -0.2) is 9.37 Å². The van der Waals surface area contributed by atoms with Crippen LogP contribution in [0, 0.1) is 5.82 Å². The Morgan fingerprint density at radius 2 is 2.08 bits per heavy atom. The van der Waals surface area contributed by atoms with Gasteiger partial charge in [0.2, 0.25) is 5.91 Å². The summed E-state index contributed by atoms with van der Waals surface area (Å²) in [5.41, 5.74) is 1.77. The summed E-state index contributed by atoms with van der Waals surface area (Å²) in [4.78, 5) is 21.6. The van der Waals surface area contributed by atoms with Crippen molar-refractivity contribution < 1.29 is 14.3 Å². The first-order valence-electron chi connectivity index (χ1n) is 11.9. The van der Waals surface area contributed by atoms with Crippen LogP contribution in [0.4, 0.5) is 21.6 Å². The quantitative estimate of drug-likeness (QED) is 0.350. The van der Waals surface area contributed by atoms with Crippen molar-refractivity contribution >= 4 is 46.5 Å². The van der Waals surface area contributed by atoms with Crippen LogP contribution in [0.15, 0.2) is 47.6 Å². The predicted octanol–water partition coefficient (Wildman–Crippen LogP) is 3.49. The van der Waals surface area contributed by atoms with E-state index in [1.54, 1.807) is 24.4 Å². The van der Waals surface area contributed by atoms with Crippen molar-refractivity contribution in [3.63, 3.8) is 0 Å². The van der Waals surface area contributed by atoms with E-state index in [0.29, 0.717) is 57.3 Å². The molecule has 37 heavy (non-hydrogen) atoms. The zero-order chi connectivity index (χ0) is 25.9. The Morgan fingerprint density at radius 3 is 2.84 bits per heavy atom. The third kappa shape index (κ3) is 6.02. The summed E-state index contributed by atoms with van der Waals surface area (Å²) in [5.74, 6) is 0.264. The van der Waals surface area contributed by atoms with Crippen LogP contribution in [-0.2, 0) is 4.79 Å². The second-order valence-electron chi connectivity index (χ2n) is 9.16. The lowest BCUT2D eigenvalue weighted by Crippen LogP contribution is -2.47. The molecule has 0 saturated carbocycles. The Balaban J connectivity index is 1.32. The number of pyridine rings is 1. The molecule has 5 rings (SSSR count). The summed E-state index contributed by atoms with van der Waals surface area (Å²) < 4.78 is 14.5. The number of nitrogens with one attached hydrogen (secondary N) is 2. The number of amides is 1. The zero-order valence-electron chi connectivity index (χ0n) is 20.2. The van der Waals surface area contributed by atoms with E-state index in [1.165, 1.54) is 30.0 Å². The molecule has 2 aliphatic rings. The molecule has 0 unspecified atom stereocenters. The van der Waals surface area contributed by atoms with Gasteiger partial charge in [0.25, 0.3) is 0 Å². The fourth-order valence-corrected chi connectivity index (χ4v) is 5.61. The van der Waals surface area contributed by atoms with Crippen LogP contribution in [0.3, 0.4) is 0 Å². The molecule has 4 heterocycles. The molecule has 2 fully saturated rings. The molecule has 3 aromatic rings. The monoisotopic (exact) mass is 543 g/mol. The number of likely N-dealkylation sites (tertiary alicyclic amines) is 2. The molecule has 2 bridgehead atoms.